The lowest BCUT2D eigenvalue weighted by atomic mass is 9.86. The molecule has 2 aromatic carbocycles. The predicted molar refractivity (Wildman–Crippen MR) is 93.1 cm³/mol. The van der Waals surface area contributed by atoms with Crippen molar-refractivity contribution in [2.75, 3.05) is 13.7 Å². The summed E-state index contributed by atoms with van der Waals surface area (Å²) in [5.74, 6) is 0.727. The normalized spacial score (nSPS) is 19.8. The SMILES string of the molecule is COc1ccc(C(C)(O)C2CCCN2C(=O)c2ccccc2)cc1. The van der Waals surface area contributed by atoms with E-state index in [1.54, 1.807) is 18.9 Å². The molecule has 2 atom stereocenters. The van der Waals surface area contributed by atoms with Gasteiger partial charge in [-0.2, -0.15) is 0 Å². The summed E-state index contributed by atoms with van der Waals surface area (Å²) < 4.78 is 5.18. The van der Waals surface area contributed by atoms with Gasteiger partial charge in [-0.3, -0.25) is 4.79 Å². The first-order chi connectivity index (χ1) is 11.5. The molecule has 0 aromatic heterocycles. The van der Waals surface area contributed by atoms with Crippen molar-refractivity contribution in [1.82, 2.24) is 4.90 Å². The van der Waals surface area contributed by atoms with Crippen LogP contribution in [0.25, 0.3) is 0 Å². The van der Waals surface area contributed by atoms with Crippen LogP contribution in [0.4, 0.5) is 0 Å². The van der Waals surface area contributed by atoms with Gasteiger partial charge in [0.05, 0.1) is 13.2 Å². The van der Waals surface area contributed by atoms with Crippen LogP contribution in [0.3, 0.4) is 0 Å². The zero-order chi connectivity index (χ0) is 17.2. The van der Waals surface area contributed by atoms with E-state index in [0.717, 1.165) is 24.2 Å². The molecular weight excluding hydrogens is 302 g/mol. The maximum Gasteiger partial charge on any atom is 0.254 e. The van der Waals surface area contributed by atoms with Crippen molar-refractivity contribution in [3.8, 4) is 5.75 Å². The Morgan fingerprint density at radius 3 is 2.46 bits per heavy atom. The summed E-state index contributed by atoms with van der Waals surface area (Å²) in [4.78, 5) is 14.6. The van der Waals surface area contributed by atoms with Crippen molar-refractivity contribution in [3.63, 3.8) is 0 Å². The minimum atomic E-state index is -1.10. The summed E-state index contributed by atoms with van der Waals surface area (Å²) in [6.07, 6.45) is 1.69. The molecule has 0 aliphatic carbocycles. The first kappa shape index (κ1) is 16.5. The Kier molecular flexibility index (Phi) is 4.58. The van der Waals surface area contributed by atoms with E-state index in [1.807, 2.05) is 54.6 Å². The van der Waals surface area contributed by atoms with E-state index in [0.29, 0.717) is 12.1 Å². The number of amides is 1. The van der Waals surface area contributed by atoms with E-state index < -0.39 is 5.60 Å². The van der Waals surface area contributed by atoms with Gasteiger partial charge in [0.1, 0.15) is 11.4 Å². The lowest BCUT2D eigenvalue weighted by Gasteiger charge is -2.37. The lowest BCUT2D eigenvalue weighted by Crippen LogP contribution is -2.48. The average Bonchev–Trinajstić information content (AvgIpc) is 3.12. The van der Waals surface area contributed by atoms with Crippen LogP contribution in [0.5, 0.6) is 5.75 Å². The number of hydrogen-bond donors (Lipinski definition) is 1. The molecule has 1 amide bonds. The third-order valence-electron chi connectivity index (χ3n) is 4.86. The molecule has 2 unspecified atom stereocenters. The fourth-order valence-corrected chi connectivity index (χ4v) is 3.46. The van der Waals surface area contributed by atoms with Crippen molar-refractivity contribution in [2.45, 2.75) is 31.4 Å². The van der Waals surface area contributed by atoms with Gasteiger partial charge in [0.25, 0.3) is 5.91 Å². The molecule has 1 aliphatic heterocycles. The highest BCUT2D eigenvalue weighted by Crippen LogP contribution is 2.36. The van der Waals surface area contributed by atoms with E-state index in [2.05, 4.69) is 0 Å². The Hall–Kier alpha value is -2.33. The summed E-state index contributed by atoms with van der Waals surface area (Å²) in [6, 6.07) is 16.4. The summed E-state index contributed by atoms with van der Waals surface area (Å²) >= 11 is 0. The minimum Gasteiger partial charge on any atom is -0.497 e. The van der Waals surface area contributed by atoms with E-state index >= 15 is 0 Å². The van der Waals surface area contributed by atoms with E-state index in [1.165, 1.54) is 0 Å². The molecule has 1 N–H and O–H groups in total. The van der Waals surface area contributed by atoms with Gasteiger partial charge < -0.3 is 14.7 Å². The van der Waals surface area contributed by atoms with Crippen LogP contribution in [0.1, 0.15) is 35.7 Å². The highest BCUT2D eigenvalue weighted by molar-refractivity contribution is 5.94. The van der Waals surface area contributed by atoms with Crippen molar-refractivity contribution in [2.24, 2.45) is 0 Å². The van der Waals surface area contributed by atoms with Crippen LogP contribution in [0, 0.1) is 0 Å². The van der Waals surface area contributed by atoms with Crippen LogP contribution in [-0.4, -0.2) is 35.6 Å². The Morgan fingerprint density at radius 1 is 1.17 bits per heavy atom. The molecule has 0 bridgehead atoms. The number of nitrogens with zero attached hydrogens (tertiary/aromatic N) is 1. The zero-order valence-electron chi connectivity index (χ0n) is 14.1. The molecule has 1 fully saturated rings. The second-order valence-electron chi connectivity index (χ2n) is 6.40. The third kappa shape index (κ3) is 3.02. The molecule has 1 aliphatic rings. The molecule has 0 spiro atoms. The smallest absolute Gasteiger partial charge is 0.254 e. The van der Waals surface area contributed by atoms with Gasteiger partial charge in [0, 0.05) is 12.1 Å². The number of rotatable bonds is 4. The maximum absolute atomic E-state index is 12.8. The molecule has 0 saturated carbocycles. The zero-order valence-corrected chi connectivity index (χ0v) is 14.1. The topological polar surface area (TPSA) is 49.8 Å². The third-order valence-corrected chi connectivity index (χ3v) is 4.86. The molecule has 126 valence electrons. The van der Waals surface area contributed by atoms with E-state index in [-0.39, 0.29) is 11.9 Å². The first-order valence-corrected chi connectivity index (χ1v) is 8.27. The molecule has 24 heavy (non-hydrogen) atoms. The fraction of sp³-hybridized carbons (Fsp3) is 0.350. The standard InChI is InChI=1S/C20H23NO3/c1-20(23,16-10-12-17(24-2)13-11-16)18-9-6-14-21(18)19(22)15-7-4-3-5-8-15/h3-5,7-8,10-13,18,23H,6,9,14H2,1-2H3. The Bertz CT molecular complexity index is 695. The fourth-order valence-electron chi connectivity index (χ4n) is 3.46. The van der Waals surface area contributed by atoms with Crippen molar-refractivity contribution < 1.29 is 14.6 Å². The first-order valence-electron chi connectivity index (χ1n) is 8.27. The van der Waals surface area contributed by atoms with Crippen LogP contribution in [0.15, 0.2) is 54.6 Å². The predicted octanol–water partition coefficient (Wildman–Crippen LogP) is 3.21. The van der Waals surface area contributed by atoms with Gasteiger partial charge in [0.2, 0.25) is 0 Å². The van der Waals surface area contributed by atoms with Crippen LogP contribution in [-0.2, 0) is 5.60 Å². The van der Waals surface area contributed by atoms with E-state index in [4.69, 9.17) is 4.74 Å². The quantitative estimate of drug-likeness (QED) is 0.939. The highest BCUT2D eigenvalue weighted by atomic mass is 16.5. The highest BCUT2D eigenvalue weighted by Gasteiger charge is 2.42. The van der Waals surface area contributed by atoms with Crippen LogP contribution in [0.2, 0.25) is 0 Å². The molecule has 0 radical (unpaired) electrons. The number of hydrogen-bond acceptors (Lipinski definition) is 3. The van der Waals surface area contributed by atoms with Gasteiger partial charge in [-0.25, -0.2) is 0 Å². The summed E-state index contributed by atoms with van der Waals surface area (Å²) in [5.41, 5.74) is 0.351. The molecule has 1 heterocycles. The number of carbonyl (C=O) groups excluding carboxylic acids is 1. The molecule has 2 aromatic rings. The van der Waals surface area contributed by atoms with Gasteiger partial charge in [-0.1, -0.05) is 30.3 Å². The lowest BCUT2D eigenvalue weighted by molar-refractivity contribution is -0.0177. The van der Waals surface area contributed by atoms with Crippen LogP contribution < -0.4 is 4.74 Å². The summed E-state index contributed by atoms with van der Waals surface area (Å²) in [7, 11) is 1.62. The monoisotopic (exact) mass is 325 g/mol. The molecule has 4 nitrogen and oxygen atoms in total. The second kappa shape index (κ2) is 6.65. The minimum absolute atomic E-state index is 0.0214. The Morgan fingerprint density at radius 2 is 1.83 bits per heavy atom. The van der Waals surface area contributed by atoms with Crippen molar-refractivity contribution in [1.29, 1.82) is 0 Å². The number of carbonyl (C=O) groups is 1. The summed E-state index contributed by atoms with van der Waals surface area (Å²) in [6.45, 7) is 2.46. The number of likely N-dealkylation sites (tertiary alicyclic amines) is 1. The Balaban J connectivity index is 1.87. The van der Waals surface area contributed by atoms with Crippen molar-refractivity contribution >= 4 is 5.91 Å². The second-order valence-corrected chi connectivity index (χ2v) is 6.40. The number of benzene rings is 2. The molecule has 1 saturated heterocycles. The van der Waals surface area contributed by atoms with Gasteiger partial charge in [-0.05, 0) is 49.6 Å². The molecule has 4 heteroatoms. The largest absolute Gasteiger partial charge is 0.497 e. The van der Waals surface area contributed by atoms with Gasteiger partial charge in [0.15, 0.2) is 0 Å². The number of aliphatic hydroxyl groups is 1. The van der Waals surface area contributed by atoms with Gasteiger partial charge >= 0.3 is 0 Å². The molecule has 3 rings (SSSR count). The number of ether oxygens (including phenoxy) is 1. The average molecular weight is 325 g/mol. The van der Waals surface area contributed by atoms with Crippen LogP contribution >= 0.6 is 0 Å². The maximum atomic E-state index is 12.8. The van der Waals surface area contributed by atoms with Crippen molar-refractivity contribution in [3.05, 3.63) is 65.7 Å². The molecular formula is C20H23NO3. The summed E-state index contributed by atoms with van der Waals surface area (Å²) in [5, 5.41) is 11.2. The number of methoxy groups -OCH3 is 1. The van der Waals surface area contributed by atoms with E-state index in [9.17, 15) is 9.90 Å². The Labute approximate surface area is 142 Å². The van der Waals surface area contributed by atoms with Gasteiger partial charge in [-0.15, -0.1) is 0 Å².